The highest BCUT2D eigenvalue weighted by molar-refractivity contribution is 5.05. The highest BCUT2D eigenvalue weighted by Crippen LogP contribution is 2.13. The van der Waals surface area contributed by atoms with Gasteiger partial charge in [0.2, 0.25) is 0 Å². The van der Waals surface area contributed by atoms with E-state index >= 15 is 0 Å². The van der Waals surface area contributed by atoms with E-state index in [9.17, 15) is 5.11 Å². The van der Waals surface area contributed by atoms with Gasteiger partial charge in [-0.1, -0.05) is 6.07 Å². The monoisotopic (exact) mass is 249 g/mol. The number of hydrogen-bond donors (Lipinski definition) is 1. The van der Waals surface area contributed by atoms with Crippen molar-refractivity contribution < 1.29 is 5.11 Å². The van der Waals surface area contributed by atoms with Crippen molar-refractivity contribution in [2.45, 2.75) is 25.0 Å². The Morgan fingerprint density at radius 2 is 2.22 bits per heavy atom. The number of nitrogens with zero attached hydrogens (tertiary/aromatic N) is 3. The summed E-state index contributed by atoms with van der Waals surface area (Å²) in [4.78, 5) is 8.87. The van der Waals surface area contributed by atoms with Crippen LogP contribution in [0.4, 0.5) is 0 Å². The van der Waals surface area contributed by atoms with Crippen LogP contribution < -0.4 is 0 Å². The van der Waals surface area contributed by atoms with Gasteiger partial charge in [0.25, 0.3) is 0 Å². The third kappa shape index (κ3) is 3.51. The zero-order valence-electron chi connectivity index (χ0n) is 11.3. The van der Waals surface area contributed by atoms with Crippen LogP contribution in [0.25, 0.3) is 0 Å². The van der Waals surface area contributed by atoms with E-state index in [0.29, 0.717) is 6.42 Å². The first-order valence-electron chi connectivity index (χ1n) is 6.63. The maximum absolute atomic E-state index is 10.4. The molecule has 1 aromatic heterocycles. The van der Waals surface area contributed by atoms with Gasteiger partial charge in [-0.3, -0.25) is 9.88 Å². The van der Waals surface area contributed by atoms with Crippen LogP contribution in [0.1, 0.15) is 12.1 Å². The van der Waals surface area contributed by atoms with Crippen LogP contribution in [0.15, 0.2) is 24.4 Å². The third-order valence-corrected chi connectivity index (χ3v) is 3.70. The summed E-state index contributed by atoms with van der Waals surface area (Å²) in [6.45, 7) is 3.08. The summed E-state index contributed by atoms with van der Waals surface area (Å²) < 4.78 is 0. The van der Waals surface area contributed by atoms with Gasteiger partial charge in [-0.25, -0.2) is 0 Å². The summed E-state index contributed by atoms with van der Waals surface area (Å²) in [5.74, 6) is 0. The first-order chi connectivity index (χ1) is 8.66. The summed E-state index contributed by atoms with van der Waals surface area (Å²) in [5, 5.41) is 10.4. The van der Waals surface area contributed by atoms with Crippen molar-refractivity contribution in [3.63, 3.8) is 0 Å². The van der Waals surface area contributed by atoms with Crippen LogP contribution in [0.5, 0.6) is 0 Å². The molecule has 100 valence electrons. The fourth-order valence-corrected chi connectivity index (χ4v) is 2.59. The molecule has 0 bridgehead atoms. The molecule has 0 radical (unpaired) electrons. The smallest absolute Gasteiger partial charge is 0.0763 e. The molecule has 1 aliphatic heterocycles. The molecule has 2 heterocycles. The van der Waals surface area contributed by atoms with Crippen molar-refractivity contribution in [2.24, 2.45) is 0 Å². The molecule has 4 heteroatoms. The van der Waals surface area contributed by atoms with Crippen LogP contribution in [0, 0.1) is 0 Å². The normalized spacial score (nSPS) is 24.7. The molecular weight excluding hydrogens is 226 g/mol. The molecule has 1 aliphatic rings. The molecular formula is C14H23N3O. The number of likely N-dealkylation sites (N-methyl/N-ethyl adjacent to an activating group) is 2. The lowest BCUT2D eigenvalue weighted by molar-refractivity contribution is 0.0575. The van der Waals surface area contributed by atoms with Crippen LogP contribution in [0.2, 0.25) is 0 Å². The Hall–Kier alpha value is -0.970. The van der Waals surface area contributed by atoms with Crippen LogP contribution in [0.3, 0.4) is 0 Å². The average molecular weight is 249 g/mol. The van der Waals surface area contributed by atoms with Crippen LogP contribution in [-0.2, 0) is 6.42 Å². The molecule has 2 unspecified atom stereocenters. The molecule has 4 nitrogen and oxygen atoms in total. The van der Waals surface area contributed by atoms with Crippen molar-refractivity contribution in [3.8, 4) is 0 Å². The summed E-state index contributed by atoms with van der Waals surface area (Å²) in [7, 11) is 4.23. The average Bonchev–Trinajstić information content (AvgIpc) is 2.52. The van der Waals surface area contributed by atoms with Gasteiger partial charge in [0.1, 0.15) is 0 Å². The molecule has 18 heavy (non-hydrogen) atoms. The van der Waals surface area contributed by atoms with E-state index in [4.69, 9.17) is 0 Å². The van der Waals surface area contributed by atoms with Crippen molar-refractivity contribution >= 4 is 0 Å². The maximum atomic E-state index is 10.4. The van der Waals surface area contributed by atoms with Gasteiger partial charge in [0, 0.05) is 30.9 Å². The molecule has 0 aliphatic carbocycles. The topological polar surface area (TPSA) is 39.6 Å². The largest absolute Gasteiger partial charge is 0.391 e. The lowest BCUT2D eigenvalue weighted by Gasteiger charge is -2.31. The second kappa shape index (κ2) is 6.27. The van der Waals surface area contributed by atoms with Crippen molar-refractivity contribution in [1.82, 2.24) is 14.8 Å². The van der Waals surface area contributed by atoms with Gasteiger partial charge in [0.15, 0.2) is 0 Å². The molecule has 2 rings (SSSR count). The number of rotatable bonds is 3. The fourth-order valence-electron chi connectivity index (χ4n) is 2.59. The van der Waals surface area contributed by atoms with E-state index in [1.807, 2.05) is 18.2 Å². The Kier molecular flexibility index (Phi) is 4.69. The van der Waals surface area contributed by atoms with Gasteiger partial charge in [-0.15, -0.1) is 0 Å². The number of aliphatic hydroxyl groups excluding tert-OH is 1. The van der Waals surface area contributed by atoms with E-state index in [2.05, 4.69) is 28.9 Å². The molecule has 1 fully saturated rings. The van der Waals surface area contributed by atoms with E-state index in [1.54, 1.807) is 6.20 Å². The quantitative estimate of drug-likeness (QED) is 0.852. The van der Waals surface area contributed by atoms with E-state index in [0.717, 1.165) is 25.3 Å². The Balaban J connectivity index is 2.00. The lowest BCUT2D eigenvalue weighted by atomic mass is 10.0. The predicted molar refractivity (Wildman–Crippen MR) is 72.5 cm³/mol. The molecule has 2 atom stereocenters. The SMILES string of the molecule is CN1CCCN(C)C(C(O)Cc2ccccn2)C1. The minimum absolute atomic E-state index is 0.194. The van der Waals surface area contributed by atoms with E-state index < -0.39 is 0 Å². The molecule has 1 N–H and O–H groups in total. The molecule has 0 saturated carbocycles. The highest BCUT2D eigenvalue weighted by atomic mass is 16.3. The fraction of sp³-hybridized carbons (Fsp3) is 0.643. The van der Waals surface area contributed by atoms with E-state index in [-0.39, 0.29) is 12.1 Å². The first-order valence-corrected chi connectivity index (χ1v) is 6.63. The van der Waals surface area contributed by atoms with Crippen molar-refractivity contribution in [3.05, 3.63) is 30.1 Å². The molecule has 0 spiro atoms. The summed E-state index contributed by atoms with van der Waals surface area (Å²) in [6, 6.07) is 6.04. The summed E-state index contributed by atoms with van der Waals surface area (Å²) >= 11 is 0. The molecule has 0 aromatic carbocycles. The van der Waals surface area contributed by atoms with Crippen LogP contribution in [-0.4, -0.2) is 65.8 Å². The molecule has 0 amide bonds. The summed E-state index contributed by atoms with van der Waals surface area (Å²) in [5.41, 5.74) is 0.963. The van der Waals surface area contributed by atoms with Crippen molar-refractivity contribution in [2.75, 3.05) is 33.7 Å². The Labute approximate surface area is 109 Å². The minimum atomic E-state index is -0.356. The Bertz CT molecular complexity index is 357. The standard InChI is InChI=1S/C14H23N3O/c1-16-8-5-9-17(2)13(11-16)14(18)10-12-6-3-4-7-15-12/h3-4,6-7,13-14,18H,5,8-11H2,1-2H3. The summed E-state index contributed by atoms with van der Waals surface area (Å²) in [6.07, 6.45) is 3.22. The van der Waals surface area contributed by atoms with E-state index in [1.165, 1.54) is 6.42 Å². The second-order valence-electron chi connectivity index (χ2n) is 5.26. The molecule has 1 aromatic rings. The van der Waals surface area contributed by atoms with Gasteiger partial charge in [-0.2, -0.15) is 0 Å². The Morgan fingerprint density at radius 1 is 1.39 bits per heavy atom. The van der Waals surface area contributed by atoms with Gasteiger partial charge in [0.05, 0.1) is 6.10 Å². The minimum Gasteiger partial charge on any atom is -0.391 e. The first kappa shape index (κ1) is 13.5. The third-order valence-electron chi connectivity index (χ3n) is 3.70. The zero-order chi connectivity index (χ0) is 13.0. The maximum Gasteiger partial charge on any atom is 0.0763 e. The van der Waals surface area contributed by atoms with Crippen molar-refractivity contribution in [1.29, 1.82) is 0 Å². The molecule has 1 saturated heterocycles. The number of pyridine rings is 1. The van der Waals surface area contributed by atoms with Gasteiger partial charge < -0.3 is 10.0 Å². The second-order valence-corrected chi connectivity index (χ2v) is 5.26. The zero-order valence-corrected chi connectivity index (χ0v) is 11.3. The number of aliphatic hydroxyl groups is 1. The van der Waals surface area contributed by atoms with Gasteiger partial charge in [-0.05, 0) is 45.7 Å². The Morgan fingerprint density at radius 3 is 2.94 bits per heavy atom. The number of hydrogen-bond acceptors (Lipinski definition) is 4. The predicted octanol–water partition coefficient (Wildman–Crippen LogP) is 0.621. The van der Waals surface area contributed by atoms with Crippen LogP contribution >= 0.6 is 0 Å². The highest BCUT2D eigenvalue weighted by Gasteiger charge is 2.27. The van der Waals surface area contributed by atoms with Gasteiger partial charge >= 0.3 is 0 Å². The number of aromatic nitrogens is 1. The lowest BCUT2D eigenvalue weighted by Crippen LogP contribution is -2.47.